The Labute approximate surface area is 172 Å². The van der Waals surface area contributed by atoms with Gasteiger partial charge in [-0.15, -0.1) is 0 Å². The van der Waals surface area contributed by atoms with Crippen molar-refractivity contribution in [3.05, 3.63) is 94.0 Å². The zero-order valence-electron chi connectivity index (χ0n) is 15.5. The van der Waals surface area contributed by atoms with Crippen LogP contribution in [0.4, 0.5) is 4.39 Å². The third-order valence-electron chi connectivity index (χ3n) is 4.57. The van der Waals surface area contributed by atoms with E-state index >= 15 is 0 Å². The molecule has 29 heavy (non-hydrogen) atoms. The van der Waals surface area contributed by atoms with Gasteiger partial charge in [0.25, 0.3) is 5.56 Å². The minimum atomic E-state index is -0.307. The lowest BCUT2D eigenvalue weighted by atomic mass is 10.1. The fourth-order valence-corrected chi connectivity index (χ4v) is 3.26. The number of fused-ring (bicyclic) bond motifs is 1. The summed E-state index contributed by atoms with van der Waals surface area (Å²) >= 11 is 6.01. The molecule has 0 radical (unpaired) electrons. The predicted octanol–water partition coefficient (Wildman–Crippen LogP) is 5.33. The van der Waals surface area contributed by atoms with E-state index in [-0.39, 0.29) is 11.4 Å². The molecule has 1 heterocycles. The van der Waals surface area contributed by atoms with Gasteiger partial charge in [0.1, 0.15) is 17.4 Å². The van der Waals surface area contributed by atoms with Gasteiger partial charge >= 0.3 is 0 Å². The second-order valence-corrected chi connectivity index (χ2v) is 7.01. The van der Waals surface area contributed by atoms with E-state index in [1.54, 1.807) is 34.9 Å². The molecule has 0 fully saturated rings. The molecule has 0 amide bonds. The van der Waals surface area contributed by atoms with Crippen LogP contribution in [0.15, 0.2) is 77.6 Å². The first-order chi connectivity index (χ1) is 14.1. The normalized spacial score (nSPS) is 11.0. The molecule has 0 aliphatic heterocycles. The molecule has 6 heteroatoms. The molecule has 0 aliphatic rings. The lowest BCUT2D eigenvalue weighted by Gasteiger charge is -2.14. The van der Waals surface area contributed by atoms with Gasteiger partial charge in [0.15, 0.2) is 0 Å². The van der Waals surface area contributed by atoms with Crippen LogP contribution in [0.3, 0.4) is 0 Å². The highest BCUT2D eigenvalue weighted by Crippen LogP contribution is 2.21. The van der Waals surface area contributed by atoms with Crippen molar-refractivity contribution in [2.45, 2.75) is 13.0 Å². The van der Waals surface area contributed by atoms with Crippen molar-refractivity contribution in [1.82, 2.24) is 9.55 Å². The Morgan fingerprint density at radius 3 is 2.45 bits per heavy atom. The van der Waals surface area contributed by atoms with E-state index in [9.17, 15) is 9.18 Å². The van der Waals surface area contributed by atoms with E-state index in [0.717, 1.165) is 5.56 Å². The predicted molar refractivity (Wildman–Crippen MR) is 113 cm³/mol. The third kappa shape index (κ3) is 4.30. The van der Waals surface area contributed by atoms with Crippen LogP contribution < -0.4 is 10.3 Å². The first-order valence-electron chi connectivity index (χ1n) is 9.26. The number of ether oxygens (including phenoxy) is 1. The van der Waals surface area contributed by atoms with Crippen LogP contribution >= 0.6 is 11.6 Å². The summed E-state index contributed by atoms with van der Waals surface area (Å²) in [5, 5.41) is 1.20. The highest BCUT2D eigenvalue weighted by atomic mass is 35.5. The molecule has 0 aliphatic carbocycles. The Morgan fingerprint density at radius 2 is 1.69 bits per heavy atom. The molecular formula is C23H18ClFN2O2. The minimum absolute atomic E-state index is 0.0951. The van der Waals surface area contributed by atoms with E-state index in [1.807, 2.05) is 30.3 Å². The van der Waals surface area contributed by atoms with Crippen molar-refractivity contribution < 1.29 is 9.13 Å². The Morgan fingerprint density at radius 1 is 0.966 bits per heavy atom. The molecule has 0 saturated heterocycles. The van der Waals surface area contributed by atoms with Gasteiger partial charge in [0, 0.05) is 17.1 Å². The van der Waals surface area contributed by atoms with Crippen LogP contribution in [0.5, 0.6) is 5.75 Å². The number of halogens is 2. The number of hydrogen-bond donors (Lipinski definition) is 0. The van der Waals surface area contributed by atoms with Gasteiger partial charge in [-0.3, -0.25) is 9.36 Å². The fraction of sp³-hybridized carbons (Fsp3) is 0.130. The molecule has 4 rings (SSSR count). The highest BCUT2D eigenvalue weighted by molar-refractivity contribution is 6.30. The van der Waals surface area contributed by atoms with Crippen LogP contribution in [0.2, 0.25) is 5.02 Å². The quantitative estimate of drug-likeness (QED) is 0.405. The molecule has 0 N–H and O–H groups in total. The molecule has 4 nitrogen and oxygen atoms in total. The number of benzene rings is 3. The van der Waals surface area contributed by atoms with Crippen LogP contribution in [0.1, 0.15) is 6.42 Å². The maximum atomic E-state index is 13.1. The van der Waals surface area contributed by atoms with E-state index in [2.05, 4.69) is 0 Å². The first kappa shape index (κ1) is 19.2. The van der Waals surface area contributed by atoms with Crippen molar-refractivity contribution >= 4 is 22.5 Å². The number of para-hydroxylation sites is 1. The lowest BCUT2D eigenvalue weighted by Crippen LogP contribution is -2.24. The van der Waals surface area contributed by atoms with Crippen molar-refractivity contribution in [1.29, 1.82) is 0 Å². The summed E-state index contributed by atoms with van der Waals surface area (Å²) in [6.45, 7) is 0.834. The van der Waals surface area contributed by atoms with Gasteiger partial charge in [0.2, 0.25) is 0 Å². The smallest absolute Gasteiger partial charge is 0.261 e. The molecule has 3 aromatic carbocycles. The van der Waals surface area contributed by atoms with Gasteiger partial charge in [-0.25, -0.2) is 9.37 Å². The van der Waals surface area contributed by atoms with Crippen LogP contribution in [0, 0.1) is 5.82 Å². The van der Waals surface area contributed by atoms with Gasteiger partial charge in [-0.1, -0.05) is 23.7 Å². The maximum absolute atomic E-state index is 13.1. The van der Waals surface area contributed by atoms with Gasteiger partial charge in [0.05, 0.1) is 17.5 Å². The van der Waals surface area contributed by atoms with Crippen LogP contribution in [-0.4, -0.2) is 16.2 Å². The Bertz CT molecular complexity index is 1190. The van der Waals surface area contributed by atoms with Crippen molar-refractivity contribution in [2.75, 3.05) is 6.61 Å². The van der Waals surface area contributed by atoms with Crippen molar-refractivity contribution in [3.8, 4) is 17.1 Å². The standard InChI is InChI=1S/C23H18ClFN2O2/c24-17-8-6-16(7-9-17)22-26-21-5-2-1-4-20(21)23(28)27(22)14-3-15-29-19-12-10-18(25)11-13-19/h1-2,4-13H,3,14-15H2. The average Bonchev–Trinajstić information content (AvgIpc) is 2.74. The second-order valence-electron chi connectivity index (χ2n) is 6.57. The summed E-state index contributed by atoms with van der Waals surface area (Å²) in [6, 6.07) is 20.4. The number of aromatic nitrogens is 2. The number of nitrogens with zero attached hydrogens (tertiary/aromatic N) is 2. The summed E-state index contributed by atoms with van der Waals surface area (Å²) in [4.78, 5) is 17.8. The molecule has 0 saturated carbocycles. The van der Waals surface area contributed by atoms with E-state index in [1.165, 1.54) is 12.1 Å². The van der Waals surface area contributed by atoms with E-state index < -0.39 is 0 Å². The molecule has 0 unspecified atom stereocenters. The Hall–Kier alpha value is -3.18. The zero-order chi connectivity index (χ0) is 20.2. The molecule has 0 spiro atoms. The fourth-order valence-electron chi connectivity index (χ4n) is 3.14. The van der Waals surface area contributed by atoms with Crippen molar-refractivity contribution in [2.24, 2.45) is 0 Å². The lowest BCUT2D eigenvalue weighted by molar-refractivity contribution is 0.301. The second kappa shape index (κ2) is 8.45. The van der Waals surface area contributed by atoms with Crippen LogP contribution in [0.25, 0.3) is 22.3 Å². The van der Waals surface area contributed by atoms with Crippen LogP contribution in [-0.2, 0) is 6.54 Å². The molecule has 0 atom stereocenters. The summed E-state index contributed by atoms with van der Waals surface area (Å²) in [5.41, 5.74) is 1.38. The zero-order valence-corrected chi connectivity index (χ0v) is 16.3. The summed E-state index contributed by atoms with van der Waals surface area (Å²) in [7, 11) is 0. The molecule has 1 aromatic heterocycles. The minimum Gasteiger partial charge on any atom is -0.494 e. The topological polar surface area (TPSA) is 44.1 Å². The first-order valence-corrected chi connectivity index (χ1v) is 9.63. The summed E-state index contributed by atoms with van der Waals surface area (Å²) < 4.78 is 20.3. The van der Waals surface area contributed by atoms with Gasteiger partial charge in [-0.05, 0) is 67.1 Å². The maximum Gasteiger partial charge on any atom is 0.261 e. The Balaban J connectivity index is 1.61. The monoisotopic (exact) mass is 408 g/mol. The number of hydrogen-bond acceptors (Lipinski definition) is 3. The summed E-state index contributed by atoms with van der Waals surface area (Å²) in [6.07, 6.45) is 0.595. The highest BCUT2D eigenvalue weighted by Gasteiger charge is 2.12. The average molecular weight is 409 g/mol. The van der Waals surface area contributed by atoms with E-state index in [0.29, 0.717) is 47.1 Å². The van der Waals surface area contributed by atoms with Gasteiger partial charge in [-0.2, -0.15) is 0 Å². The largest absolute Gasteiger partial charge is 0.494 e. The molecule has 4 aromatic rings. The van der Waals surface area contributed by atoms with E-state index in [4.69, 9.17) is 21.3 Å². The molecule has 0 bridgehead atoms. The van der Waals surface area contributed by atoms with Gasteiger partial charge < -0.3 is 4.74 Å². The summed E-state index contributed by atoms with van der Waals surface area (Å²) in [5.74, 6) is 0.874. The third-order valence-corrected chi connectivity index (χ3v) is 4.82. The Kier molecular flexibility index (Phi) is 5.58. The number of rotatable bonds is 6. The molecule has 146 valence electrons. The molecular weight excluding hydrogens is 391 g/mol. The SMILES string of the molecule is O=c1c2ccccc2nc(-c2ccc(Cl)cc2)n1CCCOc1ccc(F)cc1. The van der Waals surface area contributed by atoms with Crippen molar-refractivity contribution in [3.63, 3.8) is 0 Å².